The first-order valence-corrected chi connectivity index (χ1v) is 6.46. The van der Waals surface area contributed by atoms with Crippen LogP contribution in [0.4, 0.5) is 0 Å². The van der Waals surface area contributed by atoms with E-state index < -0.39 is 11.4 Å². The summed E-state index contributed by atoms with van der Waals surface area (Å²) >= 11 is 3.42. The van der Waals surface area contributed by atoms with Gasteiger partial charge in [-0.15, -0.1) is 0 Å². The molecular formula is C13H15BrN2O2. The first kappa shape index (κ1) is 13.1. The maximum absolute atomic E-state index is 11.0. The van der Waals surface area contributed by atoms with Crippen LogP contribution in [0.2, 0.25) is 0 Å². The van der Waals surface area contributed by atoms with Gasteiger partial charge in [0.05, 0.1) is 11.9 Å². The predicted molar refractivity (Wildman–Crippen MR) is 73.7 cm³/mol. The van der Waals surface area contributed by atoms with Gasteiger partial charge in [-0.2, -0.15) is 5.10 Å². The van der Waals surface area contributed by atoms with Crippen LogP contribution in [0.5, 0.6) is 0 Å². The third-order valence-corrected chi connectivity index (χ3v) is 3.73. The van der Waals surface area contributed by atoms with Crippen molar-refractivity contribution in [3.8, 4) is 0 Å². The zero-order valence-electron chi connectivity index (χ0n) is 10.6. The minimum atomic E-state index is -0.793. The molecule has 5 heteroatoms. The van der Waals surface area contributed by atoms with Crippen molar-refractivity contribution >= 4 is 32.8 Å². The van der Waals surface area contributed by atoms with E-state index in [1.54, 1.807) is 4.68 Å². The molecule has 0 aliphatic rings. The van der Waals surface area contributed by atoms with E-state index in [2.05, 4.69) is 21.0 Å². The molecule has 0 unspecified atom stereocenters. The summed E-state index contributed by atoms with van der Waals surface area (Å²) in [5.41, 5.74) is 1.55. The molecule has 4 nitrogen and oxygen atoms in total. The largest absolute Gasteiger partial charge is 0.481 e. The normalized spacial score (nSPS) is 12.0. The summed E-state index contributed by atoms with van der Waals surface area (Å²) < 4.78 is 2.58. The molecule has 1 aromatic carbocycles. The second-order valence-electron chi connectivity index (χ2n) is 5.07. The van der Waals surface area contributed by atoms with Gasteiger partial charge in [0.15, 0.2) is 0 Å². The smallest absolute Gasteiger partial charge is 0.304 e. The lowest BCUT2D eigenvalue weighted by Crippen LogP contribution is -2.22. The van der Waals surface area contributed by atoms with Gasteiger partial charge in [-0.25, -0.2) is 0 Å². The minimum absolute atomic E-state index is 0.0922. The van der Waals surface area contributed by atoms with E-state index in [1.165, 1.54) is 0 Å². The van der Waals surface area contributed by atoms with E-state index >= 15 is 0 Å². The van der Waals surface area contributed by atoms with Gasteiger partial charge in [-0.05, 0) is 21.5 Å². The van der Waals surface area contributed by atoms with E-state index in [1.807, 2.05) is 39.1 Å². The molecule has 0 radical (unpaired) electrons. The number of nitrogens with zero attached hydrogens (tertiary/aromatic N) is 2. The monoisotopic (exact) mass is 310 g/mol. The number of hydrogen-bond donors (Lipinski definition) is 1. The van der Waals surface area contributed by atoms with Crippen molar-refractivity contribution in [3.63, 3.8) is 0 Å². The molecule has 0 bridgehead atoms. The van der Waals surface area contributed by atoms with Crippen LogP contribution >= 0.6 is 15.9 Å². The molecule has 0 aliphatic heterocycles. The molecule has 0 amide bonds. The molecule has 0 saturated carbocycles. The highest BCUT2D eigenvalue weighted by atomic mass is 79.9. The number of halogens is 1. The number of carboxylic acids is 1. The summed E-state index contributed by atoms with van der Waals surface area (Å²) in [5, 5.41) is 14.4. The molecule has 18 heavy (non-hydrogen) atoms. The SMILES string of the molecule is Cn1nc(Br)c2cccc(C(C)(C)CC(=O)O)c21. The molecule has 0 fully saturated rings. The predicted octanol–water partition coefficient (Wildman–Crippen LogP) is 3.09. The molecule has 1 heterocycles. The van der Waals surface area contributed by atoms with Crippen LogP contribution < -0.4 is 0 Å². The number of fused-ring (bicyclic) bond motifs is 1. The third kappa shape index (κ3) is 2.14. The van der Waals surface area contributed by atoms with Crippen molar-refractivity contribution in [1.29, 1.82) is 0 Å². The van der Waals surface area contributed by atoms with E-state index in [0.29, 0.717) is 0 Å². The maximum Gasteiger partial charge on any atom is 0.304 e. The van der Waals surface area contributed by atoms with Gasteiger partial charge in [0.2, 0.25) is 0 Å². The van der Waals surface area contributed by atoms with Gasteiger partial charge in [0.25, 0.3) is 0 Å². The number of hydrogen-bond acceptors (Lipinski definition) is 2. The van der Waals surface area contributed by atoms with Crippen molar-refractivity contribution in [3.05, 3.63) is 28.4 Å². The van der Waals surface area contributed by atoms with Gasteiger partial charge in [-0.3, -0.25) is 9.48 Å². The molecule has 1 aromatic heterocycles. The van der Waals surface area contributed by atoms with Crippen molar-refractivity contribution < 1.29 is 9.90 Å². The fraction of sp³-hybridized carbons (Fsp3) is 0.385. The second-order valence-corrected chi connectivity index (χ2v) is 5.82. The van der Waals surface area contributed by atoms with Crippen LogP contribution in [0, 0.1) is 0 Å². The Morgan fingerprint density at radius 3 is 2.78 bits per heavy atom. The number of benzene rings is 1. The lowest BCUT2D eigenvalue weighted by atomic mass is 9.80. The Hall–Kier alpha value is -1.36. The molecule has 0 saturated heterocycles. The Balaban J connectivity index is 2.68. The van der Waals surface area contributed by atoms with Gasteiger partial charge >= 0.3 is 5.97 Å². The summed E-state index contributed by atoms with van der Waals surface area (Å²) in [6.45, 7) is 3.88. The number of para-hydroxylation sites is 1. The second kappa shape index (κ2) is 4.39. The topological polar surface area (TPSA) is 55.1 Å². The highest BCUT2D eigenvalue weighted by molar-refractivity contribution is 9.10. The number of aliphatic carboxylic acids is 1. The fourth-order valence-corrected chi connectivity index (χ4v) is 2.87. The molecular weight excluding hydrogens is 296 g/mol. The van der Waals surface area contributed by atoms with Crippen LogP contribution in [0.25, 0.3) is 10.9 Å². The van der Waals surface area contributed by atoms with Crippen molar-refractivity contribution in [2.45, 2.75) is 25.7 Å². The zero-order valence-corrected chi connectivity index (χ0v) is 12.2. The van der Waals surface area contributed by atoms with E-state index in [-0.39, 0.29) is 6.42 Å². The van der Waals surface area contributed by atoms with E-state index in [0.717, 1.165) is 21.1 Å². The van der Waals surface area contributed by atoms with Crippen LogP contribution in [0.1, 0.15) is 25.8 Å². The maximum atomic E-state index is 11.0. The summed E-state index contributed by atoms with van der Waals surface area (Å²) in [5.74, 6) is -0.793. The highest BCUT2D eigenvalue weighted by Crippen LogP contribution is 2.35. The number of aromatic nitrogens is 2. The van der Waals surface area contributed by atoms with Gasteiger partial charge < -0.3 is 5.11 Å². The van der Waals surface area contributed by atoms with Crippen molar-refractivity contribution in [2.75, 3.05) is 0 Å². The molecule has 1 N–H and O–H groups in total. The van der Waals surface area contributed by atoms with E-state index in [9.17, 15) is 4.79 Å². The third-order valence-electron chi connectivity index (χ3n) is 3.14. The minimum Gasteiger partial charge on any atom is -0.481 e. The zero-order chi connectivity index (χ0) is 13.5. The number of rotatable bonds is 3. The first-order valence-electron chi connectivity index (χ1n) is 5.66. The summed E-state index contributed by atoms with van der Waals surface area (Å²) in [4.78, 5) is 11.0. The molecule has 96 valence electrons. The highest BCUT2D eigenvalue weighted by Gasteiger charge is 2.27. The average molecular weight is 311 g/mol. The molecule has 0 atom stereocenters. The van der Waals surface area contributed by atoms with Crippen LogP contribution in [-0.4, -0.2) is 20.9 Å². The number of aryl methyl sites for hydroxylation is 1. The van der Waals surface area contributed by atoms with Gasteiger partial charge in [0, 0.05) is 17.8 Å². The summed E-state index contributed by atoms with van der Waals surface area (Å²) in [7, 11) is 1.87. The lowest BCUT2D eigenvalue weighted by Gasteiger charge is -2.24. The molecule has 0 aliphatic carbocycles. The Morgan fingerprint density at radius 1 is 1.50 bits per heavy atom. The van der Waals surface area contributed by atoms with Crippen molar-refractivity contribution in [1.82, 2.24) is 9.78 Å². The van der Waals surface area contributed by atoms with Crippen LogP contribution in [0.3, 0.4) is 0 Å². The summed E-state index contributed by atoms with van der Waals surface area (Å²) in [6.07, 6.45) is 0.0922. The molecule has 0 spiro atoms. The Bertz CT molecular complexity index is 617. The Kier molecular flexibility index (Phi) is 3.19. The lowest BCUT2D eigenvalue weighted by molar-refractivity contribution is -0.138. The van der Waals surface area contributed by atoms with Gasteiger partial charge in [0.1, 0.15) is 4.60 Å². The standard InChI is InChI=1S/C13H15BrN2O2/c1-13(2,7-10(17)18)9-6-4-5-8-11(9)16(3)15-12(8)14/h4-6H,7H2,1-3H3,(H,17,18). The molecule has 2 rings (SSSR count). The quantitative estimate of drug-likeness (QED) is 0.947. The Morgan fingerprint density at radius 2 is 2.17 bits per heavy atom. The fourth-order valence-electron chi connectivity index (χ4n) is 2.31. The van der Waals surface area contributed by atoms with Crippen LogP contribution in [0.15, 0.2) is 22.8 Å². The van der Waals surface area contributed by atoms with Crippen molar-refractivity contribution in [2.24, 2.45) is 7.05 Å². The average Bonchev–Trinajstić information content (AvgIpc) is 2.53. The van der Waals surface area contributed by atoms with Crippen LogP contribution in [-0.2, 0) is 17.3 Å². The molecule has 2 aromatic rings. The summed E-state index contributed by atoms with van der Waals surface area (Å²) in [6, 6.07) is 5.89. The Labute approximate surface area is 114 Å². The number of carboxylic acid groups (broad SMARTS) is 1. The van der Waals surface area contributed by atoms with Gasteiger partial charge in [-0.1, -0.05) is 32.0 Å². The number of carbonyl (C=O) groups is 1. The van der Waals surface area contributed by atoms with E-state index in [4.69, 9.17) is 5.11 Å². The first-order chi connectivity index (χ1) is 8.33.